The molecule has 0 fully saturated rings. The Bertz CT molecular complexity index is 582. The summed E-state index contributed by atoms with van der Waals surface area (Å²) in [7, 11) is 2.73. The molecule has 0 amide bonds. The van der Waals surface area contributed by atoms with Crippen LogP contribution in [0.15, 0.2) is 22.6 Å². The van der Waals surface area contributed by atoms with E-state index in [0.717, 1.165) is 0 Å². The van der Waals surface area contributed by atoms with Gasteiger partial charge < -0.3 is 13.9 Å². The number of nitrogens with zero attached hydrogens (tertiary/aromatic N) is 2. The molecular formula is C11H9ClN2O4. The highest BCUT2D eigenvalue weighted by atomic mass is 35.5. The van der Waals surface area contributed by atoms with Gasteiger partial charge in [0.25, 0.3) is 5.89 Å². The van der Waals surface area contributed by atoms with Gasteiger partial charge in [0.05, 0.1) is 19.8 Å². The molecule has 6 nitrogen and oxygen atoms in total. The molecule has 0 saturated carbocycles. The first kappa shape index (κ1) is 12.4. The maximum absolute atomic E-state index is 11.2. The molecule has 18 heavy (non-hydrogen) atoms. The van der Waals surface area contributed by atoms with Gasteiger partial charge in [0.15, 0.2) is 0 Å². The second-order valence-electron chi connectivity index (χ2n) is 3.25. The predicted molar refractivity (Wildman–Crippen MR) is 62.6 cm³/mol. The molecule has 1 heterocycles. The number of methoxy groups -OCH3 is 2. The number of carbonyl (C=O) groups excluding carboxylic acids is 1. The number of hydrogen-bond donors (Lipinski definition) is 0. The lowest BCUT2D eigenvalue weighted by atomic mass is 10.2. The fraction of sp³-hybridized carbons (Fsp3) is 0.182. The van der Waals surface area contributed by atoms with Crippen molar-refractivity contribution in [3.8, 4) is 17.2 Å². The highest BCUT2D eigenvalue weighted by Gasteiger charge is 2.18. The van der Waals surface area contributed by atoms with Crippen molar-refractivity contribution >= 4 is 17.6 Å². The van der Waals surface area contributed by atoms with Gasteiger partial charge >= 0.3 is 11.9 Å². The quantitative estimate of drug-likeness (QED) is 0.794. The first-order valence-electron chi connectivity index (χ1n) is 4.91. The largest absolute Gasteiger partial charge is 0.496 e. The number of rotatable bonds is 3. The molecule has 0 radical (unpaired) electrons. The van der Waals surface area contributed by atoms with Crippen molar-refractivity contribution in [2.24, 2.45) is 0 Å². The summed E-state index contributed by atoms with van der Waals surface area (Å²) in [6.45, 7) is 0. The van der Waals surface area contributed by atoms with Crippen LogP contribution in [0, 0.1) is 0 Å². The Morgan fingerprint density at radius 1 is 1.33 bits per heavy atom. The van der Waals surface area contributed by atoms with Crippen molar-refractivity contribution in [2.75, 3.05) is 14.2 Å². The molecule has 7 heteroatoms. The van der Waals surface area contributed by atoms with E-state index in [1.807, 2.05) is 0 Å². The normalized spacial score (nSPS) is 10.2. The zero-order chi connectivity index (χ0) is 13.1. The maximum atomic E-state index is 11.2. The summed E-state index contributed by atoms with van der Waals surface area (Å²) in [5.74, 6) is -0.279. The minimum atomic E-state index is -0.699. The summed E-state index contributed by atoms with van der Waals surface area (Å²) in [4.78, 5) is 11.2. The van der Waals surface area contributed by atoms with Gasteiger partial charge in [-0.15, -0.1) is 10.2 Å². The van der Waals surface area contributed by atoms with Crippen LogP contribution in [0.1, 0.15) is 10.7 Å². The Labute approximate surface area is 107 Å². The summed E-state index contributed by atoms with van der Waals surface area (Å²) in [5, 5.41) is 7.82. The smallest absolute Gasteiger partial charge is 0.396 e. The molecule has 0 aliphatic carbocycles. The molecular weight excluding hydrogens is 260 g/mol. The van der Waals surface area contributed by atoms with Crippen LogP contribution >= 0.6 is 11.6 Å². The van der Waals surface area contributed by atoms with Gasteiger partial charge in [-0.1, -0.05) is 11.6 Å². The fourth-order valence-electron chi connectivity index (χ4n) is 1.35. The lowest BCUT2D eigenvalue weighted by Gasteiger charge is -2.04. The standard InChI is InChI=1S/C11H9ClN2O4/c1-16-8-4-3-6(12)5-7(8)9-13-14-10(18-9)11(15)17-2/h3-5H,1-2H3. The van der Waals surface area contributed by atoms with E-state index in [2.05, 4.69) is 14.9 Å². The number of carbonyl (C=O) groups is 1. The minimum Gasteiger partial charge on any atom is -0.496 e. The van der Waals surface area contributed by atoms with E-state index in [1.54, 1.807) is 18.2 Å². The van der Waals surface area contributed by atoms with Gasteiger partial charge in [0, 0.05) is 5.02 Å². The van der Waals surface area contributed by atoms with Crippen LogP contribution in [0.2, 0.25) is 5.02 Å². The molecule has 0 spiro atoms. The van der Waals surface area contributed by atoms with Crippen LogP contribution in [0.25, 0.3) is 11.5 Å². The van der Waals surface area contributed by atoms with Crippen LogP contribution in [-0.4, -0.2) is 30.4 Å². The van der Waals surface area contributed by atoms with Crippen LogP contribution in [-0.2, 0) is 4.74 Å². The molecule has 1 aromatic heterocycles. The van der Waals surface area contributed by atoms with Crippen molar-refractivity contribution in [2.45, 2.75) is 0 Å². The Hall–Kier alpha value is -2.08. The van der Waals surface area contributed by atoms with E-state index in [-0.39, 0.29) is 11.8 Å². The first-order valence-corrected chi connectivity index (χ1v) is 5.29. The maximum Gasteiger partial charge on any atom is 0.396 e. The van der Waals surface area contributed by atoms with Crippen LogP contribution < -0.4 is 4.74 Å². The van der Waals surface area contributed by atoms with E-state index < -0.39 is 5.97 Å². The van der Waals surface area contributed by atoms with Crippen molar-refractivity contribution in [1.82, 2.24) is 10.2 Å². The topological polar surface area (TPSA) is 74.5 Å². The number of benzene rings is 1. The van der Waals surface area contributed by atoms with E-state index in [0.29, 0.717) is 16.3 Å². The molecule has 0 unspecified atom stereocenters. The number of esters is 1. The molecule has 0 N–H and O–H groups in total. The fourth-order valence-corrected chi connectivity index (χ4v) is 1.52. The Kier molecular flexibility index (Phi) is 3.47. The highest BCUT2D eigenvalue weighted by Crippen LogP contribution is 2.31. The summed E-state index contributed by atoms with van der Waals surface area (Å²) in [5.41, 5.74) is 0.507. The second kappa shape index (κ2) is 5.05. The third kappa shape index (κ3) is 2.28. The lowest BCUT2D eigenvalue weighted by molar-refractivity contribution is 0.0556. The zero-order valence-corrected chi connectivity index (χ0v) is 10.4. The van der Waals surface area contributed by atoms with Gasteiger partial charge in [-0.25, -0.2) is 4.79 Å². The summed E-state index contributed by atoms with van der Waals surface area (Å²) in [6, 6.07) is 4.94. The van der Waals surface area contributed by atoms with Crippen LogP contribution in [0.3, 0.4) is 0 Å². The predicted octanol–water partition coefficient (Wildman–Crippen LogP) is 2.19. The highest BCUT2D eigenvalue weighted by molar-refractivity contribution is 6.30. The van der Waals surface area contributed by atoms with E-state index in [1.165, 1.54) is 14.2 Å². The Morgan fingerprint density at radius 3 is 2.78 bits per heavy atom. The van der Waals surface area contributed by atoms with E-state index in [4.69, 9.17) is 20.8 Å². The lowest BCUT2D eigenvalue weighted by Crippen LogP contribution is -2.00. The molecule has 2 aromatic rings. The van der Waals surface area contributed by atoms with Crippen LogP contribution in [0.5, 0.6) is 5.75 Å². The molecule has 1 aromatic carbocycles. The summed E-state index contributed by atoms with van der Waals surface area (Å²) >= 11 is 5.88. The number of ether oxygens (including phenoxy) is 2. The van der Waals surface area contributed by atoms with Crippen molar-refractivity contribution in [1.29, 1.82) is 0 Å². The molecule has 0 atom stereocenters. The van der Waals surface area contributed by atoms with Crippen molar-refractivity contribution < 1.29 is 18.7 Å². The molecule has 0 saturated heterocycles. The molecule has 0 aliphatic rings. The van der Waals surface area contributed by atoms with Gasteiger partial charge in [0.2, 0.25) is 0 Å². The third-order valence-corrected chi connectivity index (χ3v) is 2.41. The number of hydrogen-bond acceptors (Lipinski definition) is 6. The molecule has 2 rings (SSSR count). The molecule has 94 valence electrons. The SMILES string of the molecule is COC(=O)c1nnc(-c2cc(Cl)ccc2OC)o1. The molecule has 0 bridgehead atoms. The monoisotopic (exact) mass is 268 g/mol. The zero-order valence-electron chi connectivity index (χ0n) is 9.64. The Morgan fingerprint density at radius 2 is 2.11 bits per heavy atom. The third-order valence-electron chi connectivity index (χ3n) is 2.18. The number of halogens is 1. The summed E-state index contributed by atoms with van der Waals surface area (Å²) in [6.07, 6.45) is 0. The summed E-state index contributed by atoms with van der Waals surface area (Å²) < 4.78 is 14.8. The minimum absolute atomic E-state index is 0.134. The average molecular weight is 269 g/mol. The van der Waals surface area contributed by atoms with Gasteiger partial charge in [-0.3, -0.25) is 0 Å². The number of aromatic nitrogens is 2. The Balaban J connectivity index is 2.45. The van der Waals surface area contributed by atoms with E-state index >= 15 is 0 Å². The van der Waals surface area contributed by atoms with Gasteiger partial charge in [-0.05, 0) is 18.2 Å². The van der Waals surface area contributed by atoms with Gasteiger partial charge in [0.1, 0.15) is 5.75 Å². The average Bonchev–Trinajstić information content (AvgIpc) is 2.87. The first-order chi connectivity index (χ1) is 8.65. The van der Waals surface area contributed by atoms with Gasteiger partial charge in [-0.2, -0.15) is 0 Å². The second-order valence-corrected chi connectivity index (χ2v) is 3.68. The molecule has 0 aliphatic heterocycles. The van der Waals surface area contributed by atoms with Crippen molar-refractivity contribution in [3.05, 3.63) is 29.1 Å². The van der Waals surface area contributed by atoms with Crippen LogP contribution in [0.4, 0.5) is 0 Å². The van der Waals surface area contributed by atoms with Crippen molar-refractivity contribution in [3.63, 3.8) is 0 Å². The van der Waals surface area contributed by atoms with E-state index in [9.17, 15) is 4.79 Å².